The quantitative estimate of drug-likeness (QED) is 0.735. The van der Waals surface area contributed by atoms with Crippen molar-refractivity contribution in [2.75, 3.05) is 0 Å². The molecule has 0 fully saturated rings. The Balaban J connectivity index is 2.34. The number of hydrogen-bond acceptors (Lipinski definition) is 3. The van der Waals surface area contributed by atoms with E-state index in [1.54, 1.807) is 30.7 Å². The normalized spacial score (nSPS) is 13.1. The van der Waals surface area contributed by atoms with E-state index in [-0.39, 0.29) is 0 Å². The minimum absolute atomic E-state index is 0.575. The third kappa shape index (κ3) is 2.34. The Morgan fingerprint density at radius 1 is 0.955 bits per heavy atom. The number of rotatable bonds is 3. The maximum atomic E-state index is 10.1. The van der Waals surface area contributed by atoms with Crippen LogP contribution in [0.5, 0.6) is 0 Å². The Bertz CT molecular complexity index is 771. The fourth-order valence-corrected chi connectivity index (χ4v) is 2.74. The molecule has 0 saturated heterocycles. The third-order valence-corrected chi connectivity index (χ3v) is 3.81. The Morgan fingerprint density at radius 2 is 1.73 bits per heavy atom. The molecule has 3 aromatic rings. The van der Waals surface area contributed by atoms with Crippen LogP contribution in [0.25, 0.3) is 0 Å². The molecule has 0 N–H and O–H groups in total. The van der Waals surface area contributed by atoms with Gasteiger partial charge in [-0.05, 0) is 23.3 Å². The van der Waals surface area contributed by atoms with Crippen LogP contribution < -0.4 is 0 Å². The molecule has 3 nitrogen and oxygen atoms in total. The van der Waals surface area contributed by atoms with E-state index in [0.29, 0.717) is 10.7 Å². The molecule has 0 amide bonds. The minimum Gasteiger partial charge on any atom is -0.261 e. The first-order valence-corrected chi connectivity index (χ1v) is 7.14. The van der Waals surface area contributed by atoms with Gasteiger partial charge in [0, 0.05) is 17.4 Å². The van der Waals surface area contributed by atoms with Crippen molar-refractivity contribution in [3.63, 3.8) is 0 Å². The lowest BCUT2D eigenvalue weighted by molar-refractivity contribution is 0.751. The molecule has 0 radical (unpaired) electrons. The molecular formula is C18H12ClN3. The van der Waals surface area contributed by atoms with Gasteiger partial charge in [-0.2, -0.15) is 5.26 Å². The van der Waals surface area contributed by atoms with Crippen LogP contribution in [0.15, 0.2) is 73.2 Å². The predicted octanol–water partition coefficient (Wildman–Crippen LogP) is 3.99. The second-order valence-electron chi connectivity index (χ2n) is 4.83. The Kier molecular flexibility index (Phi) is 3.86. The summed E-state index contributed by atoms with van der Waals surface area (Å²) in [6.07, 6.45) is 4.81. The summed E-state index contributed by atoms with van der Waals surface area (Å²) in [4.78, 5) is 8.50. The van der Waals surface area contributed by atoms with Crippen molar-refractivity contribution < 1.29 is 0 Å². The topological polar surface area (TPSA) is 49.6 Å². The molecule has 0 aliphatic rings. The fraction of sp³-hybridized carbons (Fsp3) is 0.0556. The Hall–Kier alpha value is -2.70. The molecule has 3 rings (SSSR count). The molecule has 0 aliphatic heterocycles. The van der Waals surface area contributed by atoms with E-state index < -0.39 is 5.41 Å². The molecule has 2 aromatic carbocycles. The second kappa shape index (κ2) is 5.97. The Morgan fingerprint density at radius 3 is 2.36 bits per heavy atom. The van der Waals surface area contributed by atoms with Crippen molar-refractivity contribution in [3.05, 3.63) is 95.0 Å². The van der Waals surface area contributed by atoms with E-state index in [1.807, 2.05) is 42.5 Å². The molecular weight excluding hydrogens is 294 g/mol. The smallest absolute Gasteiger partial charge is 0.151 e. The maximum absolute atomic E-state index is 10.1. The van der Waals surface area contributed by atoms with Gasteiger partial charge >= 0.3 is 0 Å². The first-order valence-electron chi connectivity index (χ1n) is 6.76. The van der Waals surface area contributed by atoms with Crippen LogP contribution in [-0.2, 0) is 5.41 Å². The fourth-order valence-electron chi connectivity index (χ4n) is 2.55. The number of halogens is 1. The molecule has 1 aromatic heterocycles. The van der Waals surface area contributed by atoms with Gasteiger partial charge in [-0.3, -0.25) is 9.97 Å². The van der Waals surface area contributed by atoms with Gasteiger partial charge in [0.1, 0.15) is 0 Å². The minimum atomic E-state index is -1.04. The number of nitriles is 1. The third-order valence-electron chi connectivity index (χ3n) is 3.58. The summed E-state index contributed by atoms with van der Waals surface area (Å²) in [7, 11) is 0. The monoisotopic (exact) mass is 305 g/mol. The second-order valence-corrected chi connectivity index (χ2v) is 5.27. The molecule has 1 heterocycles. The molecule has 106 valence electrons. The average molecular weight is 306 g/mol. The zero-order valence-corrected chi connectivity index (χ0v) is 12.4. The van der Waals surface area contributed by atoms with Gasteiger partial charge in [0.05, 0.1) is 18.0 Å². The largest absolute Gasteiger partial charge is 0.261 e. The van der Waals surface area contributed by atoms with Crippen LogP contribution in [0.2, 0.25) is 5.02 Å². The Labute approximate surface area is 133 Å². The van der Waals surface area contributed by atoms with Crippen LogP contribution in [-0.4, -0.2) is 9.97 Å². The van der Waals surface area contributed by atoms with Gasteiger partial charge < -0.3 is 0 Å². The van der Waals surface area contributed by atoms with Gasteiger partial charge in [-0.15, -0.1) is 0 Å². The average Bonchev–Trinajstić information content (AvgIpc) is 2.58. The number of hydrogen-bond donors (Lipinski definition) is 0. The van der Waals surface area contributed by atoms with Crippen LogP contribution in [0.3, 0.4) is 0 Å². The van der Waals surface area contributed by atoms with Crippen LogP contribution in [0, 0.1) is 11.3 Å². The summed E-state index contributed by atoms with van der Waals surface area (Å²) in [6.45, 7) is 0. The lowest BCUT2D eigenvalue weighted by atomic mass is 9.73. The molecule has 4 heteroatoms. The van der Waals surface area contributed by atoms with Crippen molar-refractivity contribution >= 4 is 11.6 Å². The predicted molar refractivity (Wildman–Crippen MR) is 85.4 cm³/mol. The molecule has 1 unspecified atom stereocenters. The van der Waals surface area contributed by atoms with Crippen LogP contribution >= 0.6 is 11.6 Å². The van der Waals surface area contributed by atoms with E-state index >= 15 is 0 Å². The van der Waals surface area contributed by atoms with Crippen LogP contribution in [0.4, 0.5) is 0 Å². The highest BCUT2D eigenvalue weighted by Gasteiger charge is 2.38. The number of nitrogens with zero attached hydrogens (tertiary/aromatic N) is 3. The first kappa shape index (κ1) is 14.2. The molecule has 22 heavy (non-hydrogen) atoms. The van der Waals surface area contributed by atoms with Crippen molar-refractivity contribution in [1.82, 2.24) is 9.97 Å². The zero-order chi connectivity index (χ0) is 15.4. The van der Waals surface area contributed by atoms with Gasteiger partial charge in [0.2, 0.25) is 0 Å². The van der Waals surface area contributed by atoms with Gasteiger partial charge in [0.15, 0.2) is 5.41 Å². The summed E-state index contributed by atoms with van der Waals surface area (Å²) < 4.78 is 0. The van der Waals surface area contributed by atoms with Crippen molar-refractivity contribution in [2.45, 2.75) is 5.41 Å². The molecule has 0 aliphatic carbocycles. The first-order chi connectivity index (χ1) is 10.8. The van der Waals surface area contributed by atoms with E-state index in [0.717, 1.165) is 11.1 Å². The van der Waals surface area contributed by atoms with E-state index in [1.165, 1.54) is 0 Å². The van der Waals surface area contributed by atoms with Crippen molar-refractivity contribution in [1.29, 1.82) is 5.26 Å². The summed E-state index contributed by atoms with van der Waals surface area (Å²) in [6, 6.07) is 19.3. The summed E-state index contributed by atoms with van der Waals surface area (Å²) in [5.74, 6) is 0. The number of benzene rings is 2. The van der Waals surface area contributed by atoms with Crippen molar-refractivity contribution in [3.8, 4) is 6.07 Å². The highest BCUT2D eigenvalue weighted by molar-refractivity contribution is 6.30. The zero-order valence-electron chi connectivity index (χ0n) is 11.6. The highest BCUT2D eigenvalue weighted by atomic mass is 35.5. The number of aromatic nitrogens is 2. The molecule has 0 spiro atoms. The lowest BCUT2D eigenvalue weighted by Gasteiger charge is -2.27. The molecule has 1 atom stereocenters. The van der Waals surface area contributed by atoms with E-state index in [4.69, 9.17) is 11.6 Å². The molecule has 0 saturated carbocycles. The molecule has 0 bridgehead atoms. The van der Waals surface area contributed by atoms with Gasteiger partial charge in [-0.1, -0.05) is 54.1 Å². The van der Waals surface area contributed by atoms with Gasteiger partial charge in [0.25, 0.3) is 0 Å². The summed E-state index contributed by atoms with van der Waals surface area (Å²) >= 11 is 6.14. The standard InChI is InChI=1S/C18H12ClN3/c19-16-8-4-7-15(11-16)18(13-20,14-5-2-1-3-6-14)17-12-21-9-10-22-17/h1-12H. The summed E-state index contributed by atoms with van der Waals surface area (Å²) in [5, 5.41) is 10.6. The SMILES string of the molecule is N#CC(c1ccccc1)(c1cccc(Cl)c1)c1cnccn1. The van der Waals surface area contributed by atoms with E-state index in [2.05, 4.69) is 16.0 Å². The highest BCUT2D eigenvalue weighted by Crippen LogP contribution is 2.38. The lowest BCUT2D eigenvalue weighted by Crippen LogP contribution is -2.28. The van der Waals surface area contributed by atoms with Gasteiger partial charge in [-0.25, -0.2) is 0 Å². The van der Waals surface area contributed by atoms with E-state index in [9.17, 15) is 5.26 Å². The van der Waals surface area contributed by atoms with Crippen LogP contribution in [0.1, 0.15) is 16.8 Å². The summed E-state index contributed by atoms with van der Waals surface area (Å²) in [5.41, 5.74) is 1.14. The van der Waals surface area contributed by atoms with Crippen molar-refractivity contribution in [2.24, 2.45) is 0 Å². The maximum Gasteiger partial charge on any atom is 0.151 e.